The number of Topliss-reactive ketones (excluding diaryl/α,β-unsaturated/α-hetero) is 1. The molecule has 2 fully saturated rings. The number of nitrogens with one attached hydrogen (secondary N) is 1. The maximum atomic E-state index is 12.3. The van der Waals surface area contributed by atoms with E-state index in [-0.39, 0.29) is 5.41 Å². The lowest BCUT2D eigenvalue weighted by Gasteiger charge is -2.34. The van der Waals surface area contributed by atoms with Crippen molar-refractivity contribution in [1.82, 2.24) is 5.32 Å². The van der Waals surface area contributed by atoms with E-state index in [1.54, 1.807) is 0 Å². The summed E-state index contributed by atoms with van der Waals surface area (Å²) in [4.78, 5) is 12.3. The topological polar surface area (TPSA) is 29.1 Å². The summed E-state index contributed by atoms with van der Waals surface area (Å²) in [5, 5.41) is 3.33. The van der Waals surface area contributed by atoms with Crippen LogP contribution < -0.4 is 5.32 Å². The summed E-state index contributed by atoms with van der Waals surface area (Å²) < 4.78 is 0. The lowest BCUT2D eigenvalue weighted by atomic mass is 9.72. The van der Waals surface area contributed by atoms with Crippen LogP contribution in [0.5, 0.6) is 0 Å². The Kier molecular flexibility index (Phi) is 2.91. The Morgan fingerprint density at radius 3 is 2.36 bits per heavy atom. The predicted molar refractivity (Wildman–Crippen MR) is 57.2 cm³/mol. The largest absolute Gasteiger partial charge is 0.317 e. The maximum absolute atomic E-state index is 12.3. The van der Waals surface area contributed by atoms with Crippen molar-refractivity contribution in [3.63, 3.8) is 0 Å². The molecule has 0 aromatic carbocycles. The highest BCUT2D eigenvalue weighted by Gasteiger charge is 2.39. The van der Waals surface area contributed by atoms with Crippen LogP contribution in [0, 0.1) is 11.3 Å². The molecule has 1 N–H and O–H groups in total. The Morgan fingerprint density at radius 1 is 1.21 bits per heavy atom. The normalized spacial score (nSPS) is 27.8. The van der Waals surface area contributed by atoms with E-state index in [2.05, 4.69) is 12.2 Å². The highest BCUT2D eigenvalue weighted by Crippen LogP contribution is 2.37. The summed E-state index contributed by atoms with van der Waals surface area (Å²) in [6.07, 6.45) is 6.93. The molecule has 80 valence electrons. The van der Waals surface area contributed by atoms with Gasteiger partial charge in [0.05, 0.1) is 0 Å². The maximum Gasteiger partial charge on any atom is 0.141 e. The SMILES string of the molecule is CC1(C(=O)C2CCCC2)CCNCC1. The zero-order valence-electron chi connectivity index (χ0n) is 9.14. The molecule has 1 saturated carbocycles. The van der Waals surface area contributed by atoms with Gasteiger partial charge in [0.1, 0.15) is 5.78 Å². The first-order valence-corrected chi connectivity index (χ1v) is 5.97. The standard InChI is InChI=1S/C12H21NO/c1-12(6-8-13-9-7-12)11(14)10-4-2-3-5-10/h10,13H,2-9H2,1H3. The van der Waals surface area contributed by atoms with Crippen molar-refractivity contribution < 1.29 is 4.79 Å². The van der Waals surface area contributed by atoms with Crippen LogP contribution in [-0.4, -0.2) is 18.9 Å². The molecular formula is C12H21NO. The fourth-order valence-corrected chi connectivity index (χ4v) is 2.91. The van der Waals surface area contributed by atoms with E-state index >= 15 is 0 Å². The quantitative estimate of drug-likeness (QED) is 0.731. The number of ketones is 1. The van der Waals surface area contributed by atoms with Gasteiger partial charge in [-0.2, -0.15) is 0 Å². The molecule has 1 aliphatic carbocycles. The second-order valence-corrected chi connectivity index (χ2v) is 5.16. The second kappa shape index (κ2) is 4.01. The summed E-state index contributed by atoms with van der Waals surface area (Å²) >= 11 is 0. The lowest BCUT2D eigenvalue weighted by molar-refractivity contribution is -0.133. The van der Waals surface area contributed by atoms with E-state index in [4.69, 9.17) is 0 Å². The molecule has 2 heteroatoms. The van der Waals surface area contributed by atoms with Crippen LogP contribution in [0.15, 0.2) is 0 Å². The fraction of sp³-hybridized carbons (Fsp3) is 0.917. The van der Waals surface area contributed by atoms with E-state index in [0.29, 0.717) is 11.7 Å². The molecule has 0 aromatic rings. The van der Waals surface area contributed by atoms with Gasteiger partial charge in [-0.3, -0.25) is 4.79 Å². The first-order valence-electron chi connectivity index (χ1n) is 5.97. The van der Waals surface area contributed by atoms with Gasteiger partial charge in [0.15, 0.2) is 0 Å². The molecule has 0 amide bonds. The predicted octanol–water partition coefficient (Wildman–Crippen LogP) is 2.14. The van der Waals surface area contributed by atoms with Gasteiger partial charge in [-0.1, -0.05) is 19.8 Å². The number of hydrogen-bond acceptors (Lipinski definition) is 2. The monoisotopic (exact) mass is 195 g/mol. The van der Waals surface area contributed by atoms with Crippen molar-refractivity contribution in [1.29, 1.82) is 0 Å². The molecule has 2 nitrogen and oxygen atoms in total. The van der Waals surface area contributed by atoms with E-state index in [1.807, 2.05) is 0 Å². The van der Waals surface area contributed by atoms with Gasteiger partial charge < -0.3 is 5.32 Å². The van der Waals surface area contributed by atoms with Crippen molar-refractivity contribution >= 4 is 5.78 Å². The van der Waals surface area contributed by atoms with Gasteiger partial charge in [0.2, 0.25) is 0 Å². The number of hydrogen-bond donors (Lipinski definition) is 1. The van der Waals surface area contributed by atoms with Crippen molar-refractivity contribution in [2.75, 3.05) is 13.1 Å². The lowest BCUT2D eigenvalue weighted by Crippen LogP contribution is -2.42. The van der Waals surface area contributed by atoms with Crippen LogP contribution in [0.4, 0.5) is 0 Å². The van der Waals surface area contributed by atoms with Crippen LogP contribution >= 0.6 is 0 Å². The van der Waals surface area contributed by atoms with Gasteiger partial charge in [-0.15, -0.1) is 0 Å². The molecule has 2 aliphatic rings. The number of carbonyl (C=O) groups is 1. The molecular weight excluding hydrogens is 174 g/mol. The van der Waals surface area contributed by atoms with Crippen molar-refractivity contribution in [3.8, 4) is 0 Å². The average Bonchev–Trinajstić information content (AvgIpc) is 2.70. The van der Waals surface area contributed by atoms with Gasteiger partial charge in [-0.25, -0.2) is 0 Å². The molecule has 0 aromatic heterocycles. The smallest absolute Gasteiger partial charge is 0.141 e. The molecule has 1 saturated heterocycles. The number of rotatable bonds is 2. The van der Waals surface area contributed by atoms with Gasteiger partial charge >= 0.3 is 0 Å². The third kappa shape index (κ3) is 1.85. The molecule has 14 heavy (non-hydrogen) atoms. The molecule has 1 aliphatic heterocycles. The third-order valence-corrected chi connectivity index (χ3v) is 4.03. The van der Waals surface area contributed by atoms with Crippen LogP contribution in [0.2, 0.25) is 0 Å². The first kappa shape index (κ1) is 10.2. The van der Waals surface area contributed by atoms with Gasteiger partial charge in [0.25, 0.3) is 0 Å². The highest BCUT2D eigenvalue weighted by atomic mass is 16.1. The minimum Gasteiger partial charge on any atom is -0.317 e. The first-order chi connectivity index (χ1) is 6.72. The summed E-state index contributed by atoms with van der Waals surface area (Å²) in [5.74, 6) is 0.967. The Balaban J connectivity index is 2.00. The second-order valence-electron chi connectivity index (χ2n) is 5.16. The Labute approximate surface area is 86.5 Å². The molecule has 0 atom stereocenters. The average molecular weight is 195 g/mol. The molecule has 0 unspecified atom stereocenters. The van der Waals surface area contributed by atoms with Crippen LogP contribution in [-0.2, 0) is 4.79 Å². The summed E-state index contributed by atoms with van der Waals surface area (Å²) in [6.45, 7) is 4.22. The molecule has 0 spiro atoms. The summed E-state index contributed by atoms with van der Waals surface area (Å²) in [6, 6.07) is 0. The van der Waals surface area contributed by atoms with Crippen LogP contribution in [0.1, 0.15) is 45.4 Å². The van der Waals surface area contributed by atoms with Crippen LogP contribution in [0.25, 0.3) is 0 Å². The van der Waals surface area contributed by atoms with E-state index in [0.717, 1.165) is 38.8 Å². The van der Waals surface area contributed by atoms with E-state index in [9.17, 15) is 4.79 Å². The molecule has 1 heterocycles. The number of piperidine rings is 1. The van der Waals surface area contributed by atoms with Crippen molar-refractivity contribution in [2.45, 2.75) is 45.4 Å². The fourth-order valence-electron chi connectivity index (χ4n) is 2.91. The summed E-state index contributed by atoms with van der Waals surface area (Å²) in [5.41, 5.74) is 0.000255. The van der Waals surface area contributed by atoms with Gasteiger partial charge in [-0.05, 0) is 38.8 Å². The number of carbonyl (C=O) groups excluding carboxylic acids is 1. The molecule has 2 rings (SSSR count). The zero-order chi connectivity index (χ0) is 10.0. The Hall–Kier alpha value is -0.370. The van der Waals surface area contributed by atoms with E-state index < -0.39 is 0 Å². The summed E-state index contributed by atoms with van der Waals surface area (Å²) in [7, 11) is 0. The third-order valence-electron chi connectivity index (χ3n) is 4.03. The van der Waals surface area contributed by atoms with Crippen molar-refractivity contribution in [3.05, 3.63) is 0 Å². The van der Waals surface area contributed by atoms with Gasteiger partial charge in [0, 0.05) is 11.3 Å². The van der Waals surface area contributed by atoms with Crippen molar-refractivity contribution in [2.24, 2.45) is 11.3 Å². The van der Waals surface area contributed by atoms with Crippen LogP contribution in [0.3, 0.4) is 0 Å². The zero-order valence-corrected chi connectivity index (χ0v) is 9.14. The van der Waals surface area contributed by atoms with E-state index in [1.165, 1.54) is 12.8 Å². The highest BCUT2D eigenvalue weighted by molar-refractivity contribution is 5.87. The minimum atomic E-state index is 0.000255. The Bertz CT molecular complexity index is 212. The molecule has 0 radical (unpaired) electrons. The minimum absolute atomic E-state index is 0.000255. The Morgan fingerprint density at radius 2 is 1.79 bits per heavy atom. The molecule has 0 bridgehead atoms.